The summed E-state index contributed by atoms with van der Waals surface area (Å²) in [5, 5.41) is 12.7. The number of halogens is 3. The summed E-state index contributed by atoms with van der Waals surface area (Å²) >= 11 is 0. The molecule has 104 valence electrons. The fraction of sp³-hybridized carbons (Fsp3) is 0.429. The topological polar surface area (TPSA) is 45.4 Å². The van der Waals surface area contributed by atoms with Crippen molar-refractivity contribution < 1.29 is 18.0 Å². The highest BCUT2D eigenvalue weighted by Crippen LogP contribution is 2.38. The molecule has 20 heavy (non-hydrogen) atoms. The lowest BCUT2D eigenvalue weighted by atomic mass is 9.92. The molecule has 0 bridgehead atoms. The molecule has 0 spiro atoms. The molecule has 0 radical (unpaired) electrons. The van der Waals surface area contributed by atoms with E-state index in [0.29, 0.717) is 11.3 Å². The van der Waals surface area contributed by atoms with E-state index in [4.69, 9.17) is 10.1 Å². The van der Waals surface area contributed by atoms with Crippen molar-refractivity contribution in [2.45, 2.75) is 31.5 Å². The lowest BCUT2D eigenvalue weighted by Gasteiger charge is -2.13. The van der Waals surface area contributed by atoms with Crippen LogP contribution in [-0.4, -0.2) is 11.8 Å². The summed E-state index contributed by atoms with van der Waals surface area (Å²) in [6.07, 6.45) is -1.78. The Labute approximate surface area is 113 Å². The number of hydrogen-bond acceptors (Lipinski definition) is 3. The van der Waals surface area contributed by atoms with E-state index in [9.17, 15) is 13.2 Å². The van der Waals surface area contributed by atoms with Gasteiger partial charge in [-0.3, -0.25) is 0 Å². The number of hydrogen-bond donors (Lipinski definition) is 0. The maximum Gasteiger partial charge on any atom is 0.417 e. The van der Waals surface area contributed by atoms with Gasteiger partial charge in [0.1, 0.15) is 6.10 Å². The first-order valence-corrected chi connectivity index (χ1v) is 6.36. The van der Waals surface area contributed by atoms with E-state index in [1.165, 1.54) is 12.1 Å². The van der Waals surface area contributed by atoms with Crippen LogP contribution in [0.1, 0.15) is 36.0 Å². The van der Waals surface area contributed by atoms with Crippen molar-refractivity contribution in [3.05, 3.63) is 34.9 Å². The summed E-state index contributed by atoms with van der Waals surface area (Å²) in [5.41, 5.74) is -0.321. The van der Waals surface area contributed by atoms with Crippen molar-refractivity contribution in [1.29, 1.82) is 5.26 Å². The highest BCUT2D eigenvalue weighted by molar-refractivity contribution is 6.03. The minimum absolute atomic E-state index is 0.00465. The largest absolute Gasteiger partial charge is 0.417 e. The molecule has 0 N–H and O–H groups in total. The third-order valence-electron chi connectivity index (χ3n) is 3.83. The Morgan fingerprint density at radius 1 is 1.30 bits per heavy atom. The van der Waals surface area contributed by atoms with Crippen molar-refractivity contribution in [3.8, 4) is 6.07 Å². The highest BCUT2D eigenvalue weighted by atomic mass is 19.4. The second-order valence-corrected chi connectivity index (χ2v) is 5.03. The molecule has 1 fully saturated rings. The van der Waals surface area contributed by atoms with Gasteiger partial charge >= 0.3 is 6.18 Å². The Morgan fingerprint density at radius 2 is 2.10 bits per heavy atom. The van der Waals surface area contributed by atoms with Crippen LogP contribution in [0, 0.1) is 17.2 Å². The van der Waals surface area contributed by atoms with Crippen LogP contribution in [0.25, 0.3) is 0 Å². The van der Waals surface area contributed by atoms with Gasteiger partial charge in [-0.05, 0) is 31.4 Å². The molecule has 0 amide bonds. The quantitative estimate of drug-likeness (QED) is 0.790. The number of alkyl halides is 3. The molecule has 0 aromatic heterocycles. The van der Waals surface area contributed by atoms with Crippen LogP contribution in [0.4, 0.5) is 13.2 Å². The summed E-state index contributed by atoms with van der Waals surface area (Å²) in [7, 11) is 0. The van der Waals surface area contributed by atoms with Crippen molar-refractivity contribution in [1.82, 2.24) is 0 Å². The van der Waals surface area contributed by atoms with Gasteiger partial charge in [0, 0.05) is 11.5 Å². The molecule has 0 unspecified atom stereocenters. The number of rotatable bonds is 1. The van der Waals surface area contributed by atoms with Crippen molar-refractivity contribution in [2.24, 2.45) is 11.1 Å². The van der Waals surface area contributed by atoms with Gasteiger partial charge in [0.15, 0.2) is 0 Å². The Kier molecular flexibility index (Phi) is 2.93. The molecule has 3 nitrogen and oxygen atoms in total. The molecule has 1 aliphatic heterocycles. The lowest BCUT2D eigenvalue weighted by molar-refractivity contribution is -0.137. The SMILES string of the molecule is N#Cc1ccc(C2=NO[C@@H]3CCC[C@H]23)cc1C(F)(F)F. The zero-order valence-electron chi connectivity index (χ0n) is 10.4. The number of fused-ring (bicyclic) bond motifs is 1. The summed E-state index contributed by atoms with van der Waals surface area (Å²) < 4.78 is 38.8. The lowest BCUT2D eigenvalue weighted by Crippen LogP contribution is -2.18. The van der Waals surface area contributed by atoms with E-state index in [1.54, 1.807) is 6.07 Å². The first kappa shape index (κ1) is 13.0. The number of oxime groups is 1. The van der Waals surface area contributed by atoms with Crippen molar-refractivity contribution in [2.75, 3.05) is 0 Å². The van der Waals surface area contributed by atoms with Gasteiger partial charge < -0.3 is 4.84 Å². The normalized spacial score (nSPS) is 24.8. The van der Waals surface area contributed by atoms with Gasteiger partial charge in [0.05, 0.1) is 22.9 Å². The third-order valence-corrected chi connectivity index (χ3v) is 3.83. The van der Waals surface area contributed by atoms with E-state index >= 15 is 0 Å². The van der Waals surface area contributed by atoms with Crippen LogP contribution in [0.2, 0.25) is 0 Å². The fourth-order valence-corrected chi connectivity index (χ4v) is 2.86. The number of nitriles is 1. The Balaban J connectivity index is 2.02. The third kappa shape index (κ3) is 2.03. The monoisotopic (exact) mass is 280 g/mol. The average Bonchev–Trinajstić information content (AvgIpc) is 2.99. The van der Waals surface area contributed by atoms with Gasteiger partial charge in [0.2, 0.25) is 0 Å². The maximum atomic E-state index is 12.9. The smallest absolute Gasteiger partial charge is 0.392 e. The molecule has 1 aliphatic carbocycles. The minimum Gasteiger partial charge on any atom is -0.392 e. The first-order chi connectivity index (χ1) is 9.50. The number of benzene rings is 1. The summed E-state index contributed by atoms with van der Waals surface area (Å²) in [6.45, 7) is 0. The van der Waals surface area contributed by atoms with Crippen LogP contribution in [0.15, 0.2) is 23.4 Å². The van der Waals surface area contributed by atoms with Crippen LogP contribution in [0.3, 0.4) is 0 Å². The molecule has 2 aliphatic rings. The van der Waals surface area contributed by atoms with E-state index < -0.39 is 11.7 Å². The van der Waals surface area contributed by atoms with Crippen molar-refractivity contribution in [3.63, 3.8) is 0 Å². The second-order valence-electron chi connectivity index (χ2n) is 5.03. The average molecular weight is 280 g/mol. The summed E-state index contributed by atoms with van der Waals surface area (Å²) in [5.74, 6) is 0.0732. The van der Waals surface area contributed by atoms with Gasteiger partial charge in [-0.2, -0.15) is 18.4 Å². The molecule has 6 heteroatoms. The Hall–Kier alpha value is -2.03. The first-order valence-electron chi connectivity index (χ1n) is 6.36. The molecule has 1 saturated carbocycles. The summed E-state index contributed by atoms with van der Waals surface area (Å²) in [4.78, 5) is 5.27. The van der Waals surface area contributed by atoms with Gasteiger partial charge in [-0.25, -0.2) is 0 Å². The zero-order chi connectivity index (χ0) is 14.3. The predicted octanol–water partition coefficient (Wildman–Crippen LogP) is 3.48. The highest BCUT2D eigenvalue weighted by Gasteiger charge is 2.40. The van der Waals surface area contributed by atoms with Crippen molar-refractivity contribution >= 4 is 5.71 Å². The molecule has 0 saturated heterocycles. The molecular formula is C14H11F3N2O. The molecule has 2 atom stereocenters. The molecule has 1 aromatic carbocycles. The molecular weight excluding hydrogens is 269 g/mol. The molecule has 3 rings (SSSR count). The van der Waals surface area contributed by atoms with Gasteiger partial charge in [0.25, 0.3) is 0 Å². The molecule has 1 aromatic rings. The van der Waals surface area contributed by atoms with E-state index in [1.807, 2.05) is 0 Å². The zero-order valence-corrected chi connectivity index (χ0v) is 10.4. The Bertz CT molecular complexity index is 616. The van der Waals surface area contributed by atoms with E-state index in [2.05, 4.69) is 5.16 Å². The maximum absolute atomic E-state index is 12.9. The minimum atomic E-state index is -4.55. The van der Waals surface area contributed by atoms with E-state index in [-0.39, 0.29) is 17.6 Å². The van der Waals surface area contributed by atoms with Crippen LogP contribution in [0.5, 0.6) is 0 Å². The van der Waals surface area contributed by atoms with Crippen LogP contribution in [-0.2, 0) is 11.0 Å². The predicted molar refractivity (Wildman–Crippen MR) is 64.9 cm³/mol. The van der Waals surface area contributed by atoms with E-state index in [0.717, 1.165) is 25.3 Å². The standard InChI is InChI=1S/C14H11F3N2O/c15-14(16,17)11-6-8(4-5-9(11)7-18)13-10-2-1-3-12(10)20-19-13/h4-6,10,12H,1-3H2/t10-,12+/m0/s1. The van der Waals surface area contributed by atoms with Crippen LogP contribution >= 0.6 is 0 Å². The molecule has 1 heterocycles. The fourth-order valence-electron chi connectivity index (χ4n) is 2.86. The van der Waals surface area contributed by atoms with Gasteiger partial charge in [-0.15, -0.1) is 0 Å². The number of nitrogens with zero attached hydrogens (tertiary/aromatic N) is 2. The Morgan fingerprint density at radius 3 is 2.80 bits per heavy atom. The summed E-state index contributed by atoms with van der Waals surface area (Å²) in [6, 6.07) is 5.28. The van der Waals surface area contributed by atoms with Crippen LogP contribution < -0.4 is 0 Å². The van der Waals surface area contributed by atoms with Gasteiger partial charge in [-0.1, -0.05) is 11.2 Å². The second kappa shape index (κ2) is 4.51.